The molecule has 0 aliphatic carbocycles. The molecule has 8 N–H and O–H groups in total. The molecule has 0 atom stereocenters. The zero-order chi connectivity index (χ0) is 40.1. The molecule has 0 saturated heterocycles. The first-order valence-corrected chi connectivity index (χ1v) is 18.2. The zero-order valence-corrected chi connectivity index (χ0v) is 31.2. The predicted octanol–water partition coefficient (Wildman–Crippen LogP) is 12.5. The second-order valence-corrected chi connectivity index (χ2v) is 12.8. The summed E-state index contributed by atoms with van der Waals surface area (Å²) >= 11 is 0. The number of nitrogen functional groups attached to an aromatic ring is 4. The Morgan fingerprint density at radius 3 is 0.586 bits per heavy atom. The van der Waals surface area contributed by atoms with Crippen LogP contribution in [0.2, 0.25) is 0 Å². The fourth-order valence-electron chi connectivity index (χ4n) is 5.35. The molecule has 58 heavy (non-hydrogen) atoms. The normalized spacial score (nSPS) is 10.3. The van der Waals surface area contributed by atoms with Crippen molar-refractivity contribution in [3.63, 3.8) is 0 Å². The number of hydrogen-bond donors (Lipinski definition) is 4. The Labute approximate surface area is 336 Å². The van der Waals surface area contributed by atoms with Crippen LogP contribution >= 0.6 is 0 Å². The van der Waals surface area contributed by atoms with Crippen LogP contribution in [-0.4, -0.2) is 0 Å². The monoisotopic (exact) mass is 768 g/mol. The number of anilines is 4. The van der Waals surface area contributed by atoms with E-state index in [9.17, 15) is 0 Å². The largest absolute Gasteiger partial charge is 0.457 e. The standard InChI is InChI=1S/2C24H20N2O3/c25-17-1-5-19(6-2-17)27-21-9-13-23(14-10-21)29-24-15-11-22(12-16-24)28-20-7-3-18(26)4-8-20;25-17-3-1-5-23(15-17)28-21-11-7-19(8-12-21)27-20-9-13-22(14-10-20)29-24-6-2-4-18(26)16-24/h2*1-16H,25-26H2. The molecular weight excluding hydrogens is 729 g/mol. The van der Waals surface area contributed by atoms with E-state index in [1.165, 1.54) is 0 Å². The Bertz CT molecular complexity index is 2330. The predicted molar refractivity (Wildman–Crippen MR) is 230 cm³/mol. The molecule has 10 heteroatoms. The van der Waals surface area contributed by atoms with Gasteiger partial charge in [-0.25, -0.2) is 0 Å². The first-order valence-electron chi connectivity index (χ1n) is 18.2. The van der Waals surface area contributed by atoms with E-state index in [1.54, 1.807) is 36.4 Å². The van der Waals surface area contributed by atoms with Crippen LogP contribution in [0, 0.1) is 0 Å². The Hall–Kier alpha value is -8.24. The highest BCUT2D eigenvalue weighted by Crippen LogP contribution is 2.32. The van der Waals surface area contributed by atoms with Crippen LogP contribution in [0.15, 0.2) is 194 Å². The number of nitrogens with two attached hydrogens (primary N) is 4. The third-order valence-corrected chi connectivity index (χ3v) is 8.19. The van der Waals surface area contributed by atoms with Gasteiger partial charge in [0, 0.05) is 34.9 Å². The second-order valence-electron chi connectivity index (χ2n) is 12.8. The molecule has 0 fully saturated rings. The van der Waals surface area contributed by atoms with Crippen LogP contribution in [0.25, 0.3) is 0 Å². The summed E-state index contributed by atoms with van der Waals surface area (Å²) in [5, 5.41) is 0. The Balaban J connectivity index is 0.000000177. The van der Waals surface area contributed by atoms with E-state index in [0.717, 1.165) is 23.0 Å². The molecule has 0 saturated carbocycles. The second kappa shape index (κ2) is 18.4. The van der Waals surface area contributed by atoms with Crippen molar-refractivity contribution in [1.82, 2.24) is 0 Å². The van der Waals surface area contributed by atoms with E-state index in [2.05, 4.69) is 0 Å². The van der Waals surface area contributed by atoms with Gasteiger partial charge in [0.25, 0.3) is 0 Å². The van der Waals surface area contributed by atoms with Crippen LogP contribution < -0.4 is 51.4 Å². The molecule has 10 nitrogen and oxygen atoms in total. The lowest BCUT2D eigenvalue weighted by atomic mass is 10.3. The number of benzene rings is 8. The van der Waals surface area contributed by atoms with Gasteiger partial charge in [-0.2, -0.15) is 0 Å². The summed E-state index contributed by atoms with van der Waals surface area (Å²) in [7, 11) is 0. The molecule has 0 bridgehead atoms. The third kappa shape index (κ3) is 11.4. The minimum Gasteiger partial charge on any atom is -0.457 e. The SMILES string of the molecule is Nc1ccc(Oc2ccc(Oc3ccc(Oc4ccc(N)cc4)cc3)cc2)cc1.Nc1cccc(Oc2ccc(Oc3ccc(Oc4cccc(N)c4)cc3)cc2)c1. The third-order valence-electron chi connectivity index (χ3n) is 8.19. The van der Waals surface area contributed by atoms with Crippen LogP contribution in [0.5, 0.6) is 69.0 Å². The molecule has 0 radical (unpaired) electrons. The summed E-state index contributed by atoms with van der Waals surface area (Å²) in [6.45, 7) is 0. The minimum atomic E-state index is 0.658. The highest BCUT2D eigenvalue weighted by Gasteiger charge is 2.05. The quantitative estimate of drug-likeness (QED) is 0.0881. The van der Waals surface area contributed by atoms with Crippen LogP contribution in [0.4, 0.5) is 22.7 Å². The van der Waals surface area contributed by atoms with Gasteiger partial charge in [-0.05, 0) is 170 Å². The first kappa shape index (κ1) is 38.1. The average molecular weight is 769 g/mol. The minimum absolute atomic E-state index is 0.658. The lowest BCUT2D eigenvalue weighted by molar-refractivity contribution is 0.464. The van der Waals surface area contributed by atoms with Crippen molar-refractivity contribution in [3.05, 3.63) is 194 Å². The van der Waals surface area contributed by atoms with Gasteiger partial charge in [0.15, 0.2) is 0 Å². The smallest absolute Gasteiger partial charge is 0.129 e. The molecule has 0 spiro atoms. The Morgan fingerprint density at radius 1 is 0.190 bits per heavy atom. The van der Waals surface area contributed by atoms with E-state index in [-0.39, 0.29) is 0 Å². The van der Waals surface area contributed by atoms with Crippen molar-refractivity contribution in [1.29, 1.82) is 0 Å². The number of hydrogen-bond acceptors (Lipinski definition) is 10. The molecule has 0 heterocycles. The van der Waals surface area contributed by atoms with Crippen molar-refractivity contribution in [3.8, 4) is 69.0 Å². The van der Waals surface area contributed by atoms with E-state index >= 15 is 0 Å². The van der Waals surface area contributed by atoms with Crippen LogP contribution in [0.3, 0.4) is 0 Å². The van der Waals surface area contributed by atoms with E-state index in [4.69, 9.17) is 51.4 Å². The van der Waals surface area contributed by atoms with Gasteiger partial charge in [-0.3, -0.25) is 0 Å². The number of rotatable bonds is 12. The topological polar surface area (TPSA) is 159 Å². The molecule has 8 rings (SSSR count). The van der Waals surface area contributed by atoms with E-state index < -0.39 is 0 Å². The summed E-state index contributed by atoms with van der Waals surface area (Å²) in [6, 6.07) is 58.7. The lowest BCUT2D eigenvalue weighted by Gasteiger charge is -2.10. The molecule has 0 aliphatic rings. The van der Waals surface area contributed by atoms with Crippen LogP contribution in [0.1, 0.15) is 0 Å². The Kier molecular flexibility index (Phi) is 12.1. The highest BCUT2D eigenvalue weighted by molar-refractivity contribution is 5.49. The van der Waals surface area contributed by atoms with Gasteiger partial charge in [0.05, 0.1) is 0 Å². The van der Waals surface area contributed by atoms with E-state index in [0.29, 0.717) is 68.7 Å². The zero-order valence-electron chi connectivity index (χ0n) is 31.2. The Morgan fingerprint density at radius 2 is 0.379 bits per heavy atom. The summed E-state index contributed by atoms with van der Waals surface area (Å²) in [5.74, 6) is 8.50. The van der Waals surface area contributed by atoms with Gasteiger partial charge in [0.2, 0.25) is 0 Å². The maximum absolute atomic E-state index is 5.88. The fraction of sp³-hybridized carbons (Fsp3) is 0. The average Bonchev–Trinajstić information content (AvgIpc) is 3.23. The van der Waals surface area contributed by atoms with Crippen molar-refractivity contribution >= 4 is 22.7 Å². The first-order chi connectivity index (χ1) is 28.3. The molecule has 8 aromatic rings. The summed E-state index contributed by atoms with van der Waals surface area (Å²) in [6.07, 6.45) is 0. The van der Waals surface area contributed by atoms with Crippen molar-refractivity contribution in [2.24, 2.45) is 0 Å². The molecule has 8 aromatic carbocycles. The number of ether oxygens (including phenoxy) is 6. The summed E-state index contributed by atoms with van der Waals surface area (Å²) in [4.78, 5) is 0. The van der Waals surface area contributed by atoms with Crippen molar-refractivity contribution in [2.45, 2.75) is 0 Å². The van der Waals surface area contributed by atoms with Crippen LogP contribution in [-0.2, 0) is 0 Å². The van der Waals surface area contributed by atoms with Gasteiger partial charge >= 0.3 is 0 Å². The maximum atomic E-state index is 5.88. The van der Waals surface area contributed by atoms with Gasteiger partial charge in [-0.15, -0.1) is 0 Å². The highest BCUT2D eigenvalue weighted by atomic mass is 16.5. The summed E-state index contributed by atoms with van der Waals surface area (Å²) in [5.41, 5.74) is 25.6. The van der Waals surface area contributed by atoms with Crippen molar-refractivity contribution < 1.29 is 28.4 Å². The molecule has 0 unspecified atom stereocenters. The molecule has 0 amide bonds. The van der Waals surface area contributed by atoms with Gasteiger partial charge in [-0.1, -0.05) is 12.1 Å². The lowest BCUT2D eigenvalue weighted by Crippen LogP contribution is -1.89. The summed E-state index contributed by atoms with van der Waals surface area (Å²) < 4.78 is 34.9. The molecule has 0 aromatic heterocycles. The maximum Gasteiger partial charge on any atom is 0.129 e. The van der Waals surface area contributed by atoms with E-state index in [1.807, 2.05) is 158 Å². The van der Waals surface area contributed by atoms with Crippen molar-refractivity contribution in [2.75, 3.05) is 22.9 Å². The molecule has 0 aliphatic heterocycles. The molecular formula is C48H40N4O6. The van der Waals surface area contributed by atoms with Gasteiger partial charge < -0.3 is 51.4 Å². The fourth-order valence-corrected chi connectivity index (χ4v) is 5.35. The van der Waals surface area contributed by atoms with Gasteiger partial charge in [0.1, 0.15) is 69.0 Å². The molecule has 288 valence electrons.